The number of nitrogens with zero attached hydrogens (tertiary/aromatic N) is 2. The molecule has 8 heteroatoms. The van der Waals surface area contributed by atoms with Gasteiger partial charge in [-0.05, 0) is 69.8 Å². The number of ether oxygens (including phenoxy) is 2. The smallest absolute Gasteiger partial charge is 0.312 e. The van der Waals surface area contributed by atoms with Crippen molar-refractivity contribution in [3.63, 3.8) is 0 Å². The number of esters is 1. The maximum Gasteiger partial charge on any atom is 0.312 e. The lowest BCUT2D eigenvalue weighted by Gasteiger charge is -2.46. The van der Waals surface area contributed by atoms with E-state index in [0.29, 0.717) is 38.6 Å². The predicted octanol–water partition coefficient (Wildman–Crippen LogP) is 5.09. The Balaban J connectivity index is 1.74. The molecule has 0 saturated carbocycles. The number of unbranched alkanes of at least 4 members (excludes halogenated alkanes) is 2. The molecule has 0 radical (unpaired) electrons. The predicted molar refractivity (Wildman–Crippen MR) is 171 cm³/mol. The fourth-order valence-corrected chi connectivity index (χ4v) is 8.13. The van der Waals surface area contributed by atoms with Gasteiger partial charge in [-0.15, -0.1) is 13.2 Å². The Hall–Kier alpha value is -2.97. The first kappa shape index (κ1) is 33.9. The Bertz CT molecular complexity index is 1210. The van der Waals surface area contributed by atoms with Gasteiger partial charge in [0.15, 0.2) is 0 Å². The monoisotopic (exact) mass is 608 g/mol. The van der Waals surface area contributed by atoms with Crippen LogP contribution in [0.25, 0.3) is 0 Å². The first-order valence-electron chi connectivity index (χ1n) is 16.2. The summed E-state index contributed by atoms with van der Waals surface area (Å²) in [7, 11) is 0. The molecule has 2 bridgehead atoms. The highest BCUT2D eigenvalue weighted by molar-refractivity contribution is 5.98. The molecule has 3 fully saturated rings. The van der Waals surface area contributed by atoms with Gasteiger partial charge < -0.3 is 24.4 Å². The maximum absolute atomic E-state index is 15.0. The molecule has 2 amide bonds. The molecular weight excluding hydrogens is 556 g/mol. The standard InChI is InChI=1S/C36H52N2O6/c1-8-10-11-15-21-43-33(42)28-27-18-19-36(44-27)29(28)31(40)38(26(23-39)22-25-16-13-12-14-17-25)30(36)32(41)37(20-9-2)35(6,7)24-34(3,4)5/h8-9,12-14,16-17,26-30,39H,1-2,10-11,15,18-24H2,3-7H3/t26-,27-,28+,29+,30?,36?/m1/s1. The summed E-state index contributed by atoms with van der Waals surface area (Å²) in [5.74, 6) is -2.64. The largest absolute Gasteiger partial charge is 0.465 e. The lowest BCUT2D eigenvalue weighted by Crippen LogP contribution is -2.62. The number of hydrogen-bond donors (Lipinski definition) is 1. The van der Waals surface area contributed by atoms with Gasteiger partial charge >= 0.3 is 5.97 Å². The van der Waals surface area contributed by atoms with Gasteiger partial charge in [0, 0.05) is 12.1 Å². The van der Waals surface area contributed by atoms with Gasteiger partial charge in [0.1, 0.15) is 11.6 Å². The van der Waals surface area contributed by atoms with Gasteiger partial charge in [0.2, 0.25) is 11.8 Å². The summed E-state index contributed by atoms with van der Waals surface area (Å²) in [6.45, 7) is 18.4. The highest BCUT2D eigenvalue weighted by atomic mass is 16.6. The molecule has 1 aromatic carbocycles. The molecule has 3 aliphatic rings. The molecule has 3 heterocycles. The lowest BCUT2D eigenvalue weighted by atomic mass is 9.70. The third-order valence-electron chi connectivity index (χ3n) is 9.48. The molecule has 1 N–H and O–H groups in total. The molecule has 4 rings (SSSR count). The van der Waals surface area contributed by atoms with E-state index in [1.807, 2.05) is 55.2 Å². The number of aliphatic hydroxyl groups is 1. The number of carbonyl (C=O) groups is 3. The Morgan fingerprint density at radius 3 is 2.48 bits per heavy atom. The molecule has 0 aromatic heterocycles. The van der Waals surface area contributed by atoms with Crippen LogP contribution in [-0.4, -0.2) is 81.8 Å². The van der Waals surface area contributed by atoms with Gasteiger partial charge in [-0.1, -0.05) is 63.3 Å². The highest BCUT2D eigenvalue weighted by Gasteiger charge is 2.76. The average molecular weight is 609 g/mol. The second-order valence-electron chi connectivity index (χ2n) is 14.6. The van der Waals surface area contributed by atoms with Gasteiger partial charge in [-0.3, -0.25) is 14.4 Å². The van der Waals surface area contributed by atoms with Gasteiger partial charge in [-0.2, -0.15) is 0 Å². The first-order chi connectivity index (χ1) is 20.8. The summed E-state index contributed by atoms with van der Waals surface area (Å²) < 4.78 is 12.4. The second kappa shape index (κ2) is 13.6. The van der Waals surface area contributed by atoms with Crippen LogP contribution in [0.4, 0.5) is 0 Å². The lowest BCUT2D eigenvalue weighted by molar-refractivity contribution is -0.158. The zero-order valence-electron chi connectivity index (χ0n) is 27.3. The topological polar surface area (TPSA) is 96.4 Å². The molecule has 2 unspecified atom stereocenters. The van der Waals surface area contributed by atoms with Crippen LogP contribution in [0.15, 0.2) is 55.6 Å². The maximum atomic E-state index is 15.0. The number of allylic oxidation sites excluding steroid dienone is 1. The van der Waals surface area contributed by atoms with E-state index in [4.69, 9.17) is 9.47 Å². The number of hydrogen-bond acceptors (Lipinski definition) is 6. The Morgan fingerprint density at radius 1 is 1.16 bits per heavy atom. The number of likely N-dealkylation sites (tertiary alicyclic amines) is 1. The van der Waals surface area contributed by atoms with E-state index in [2.05, 4.69) is 33.9 Å². The van der Waals surface area contributed by atoms with Crippen molar-refractivity contribution in [1.82, 2.24) is 9.80 Å². The molecule has 8 nitrogen and oxygen atoms in total. The zero-order valence-corrected chi connectivity index (χ0v) is 27.3. The molecular formula is C36H52N2O6. The van der Waals surface area contributed by atoms with Gasteiger partial charge in [0.05, 0.1) is 37.2 Å². The molecule has 6 atom stereocenters. The van der Waals surface area contributed by atoms with Crippen LogP contribution in [0, 0.1) is 17.3 Å². The van der Waals surface area contributed by atoms with E-state index in [1.54, 1.807) is 11.0 Å². The molecule has 3 saturated heterocycles. The molecule has 242 valence electrons. The van der Waals surface area contributed by atoms with E-state index in [-0.39, 0.29) is 30.4 Å². The fourth-order valence-electron chi connectivity index (χ4n) is 8.13. The normalized spacial score (nSPS) is 26.8. The summed E-state index contributed by atoms with van der Waals surface area (Å²) in [4.78, 5) is 46.5. The van der Waals surface area contributed by atoms with Crippen molar-refractivity contribution >= 4 is 17.8 Å². The number of rotatable bonds is 15. The molecule has 1 spiro atoms. The van der Waals surface area contributed by atoms with Crippen LogP contribution >= 0.6 is 0 Å². The van der Waals surface area contributed by atoms with Crippen LogP contribution in [-0.2, 0) is 30.3 Å². The van der Waals surface area contributed by atoms with E-state index < -0.39 is 47.1 Å². The molecule has 3 aliphatic heterocycles. The van der Waals surface area contributed by atoms with E-state index in [0.717, 1.165) is 18.4 Å². The van der Waals surface area contributed by atoms with Crippen LogP contribution in [0.1, 0.15) is 78.7 Å². The molecule has 44 heavy (non-hydrogen) atoms. The summed E-state index contributed by atoms with van der Waals surface area (Å²) in [6.07, 6.45) is 7.59. The van der Waals surface area contributed by atoms with Crippen molar-refractivity contribution in [2.24, 2.45) is 17.3 Å². The third kappa shape index (κ3) is 6.66. The fraction of sp³-hybridized carbons (Fsp3) is 0.639. The molecule has 0 aliphatic carbocycles. The Labute approximate surface area is 263 Å². The Morgan fingerprint density at radius 2 is 1.86 bits per heavy atom. The number of aliphatic hydroxyl groups excluding tert-OH is 1. The second-order valence-corrected chi connectivity index (χ2v) is 14.6. The number of benzene rings is 1. The summed E-state index contributed by atoms with van der Waals surface area (Å²) in [5, 5.41) is 10.7. The molecule has 1 aromatic rings. The average Bonchev–Trinajstić information content (AvgIpc) is 3.60. The van der Waals surface area contributed by atoms with Crippen LogP contribution in [0.5, 0.6) is 0 Å². The van der Waals surface area contributed by atoms with Crippen molar-refractivity contribution in [2.45, 2.75) is 109 Å². The number of fused-ring (bicyclic) bond motifs is 1. The van der Waals surface area contributed by atoms with Gasteiger partial charge in [0.25, 0.3) is 0 Å². The highest BCUT2D eigenvalue weighted by Crippen LogP contribution is 2.59. The van der Waals surface area contributed by atoms with Crippen LogP contribution < -0.4 is 0 Å². The quantitative estimate of drug-likeness (QED) is 0.169. The minimum absolute atomic E-state index is 0.0705. The van der Waals surface area contributed by atoms with Crippen molar-refractivity contribution in [3.8, 4) is 0 Å². The number of carbonyl (C=O) groups excluding carboxylic acids is 3. The summed E-state index contributed by atoms with van der Waals surface area (Å²) >= 11 is 0. The first-order valence-corrected chi connectivity index (χ1v) is 16.2. The van der Waals surface area contributed by atoms with Crippen LogP contribution in [0.3, 0.4) is 0 Å². The minimum atomic E-state index is -1.17. The Kier molecular flexibility index (Phi) is 10.5. The summed E-state index contributed by atoms with van der Waals surface area (Å²) in [5.41, 5.74) is -0.871. The van der Waals surface area contributed by atoms with Crippen molar-refractivity contribution < 1.29 is 29.0 Å². The third-order valence-corrected chi connectivity index (χ3v) is 9.48. The SMILES string of the molecule is C=CCCCCOC(=O)[C@@H]1[C@H]2C(=O)N([C@@H](CO)Cc3ccccc3)C(C(=O)N(CC=C)C(C)(C)CC(C)(C)C)C23CC[C@H]1O3. The zero-order chi connectivity index (χ0) is 32.3. The number of amides is 2. The van der Waals surface area contributed by atoms with E-state index in [1.165, 1.54) is 0 Å². The van der Waals surface area contributed by atoms with Gasteiger partial charge in [-0.25, -0.2) is 0 Å². The van der Waals surface area contributed by atoms with Crippen molar-refractivity contribution in [2.75, 3.05) is 19.8 Å². The van der Waals surface area contributed by atoms with Crippen molar-refractivity contribution in [3.05, 3.63) is 61.2 Å². The minimum Gasteiger partial charge on any atom is -0.465 e. The van der Waals surface area contributed by atoms with Crippen LogP contribution in [0.2, 0.25) is 0 Å². The van der Waals surface area contributed by atoms with E-state index >= 15 is 0 Å². The summed E-state index contributed by atoms with van der Waals surface area (Å²) in [6, 6.07) is 7.98. The van der Waals surface area contributed by atoms with Crippen molar-refractivity contribution in [1.29, 1.82) is 0 Å². The van der Waals surface area contributed by atoms with E-state index in [9.17, 15) is 19.5 Å².